The molecule has 0 unspecified atom stereocenters. The largest absolute Gasteiger partial charge is 0.416 e. The molecule has 0 aliphatic carbocycles. The van der Waals surface area contributed by atoms with Crippen LogP contribution in [0.15, 0.2) is 48.8 Å². The topological polar surface area (TPSA) is 53.5 Å². The maximum Gasteiger partial charge on any atom is 0.416 e. The number of hydrogen-bond donors (Lipinski definition) is 0. The molecule has 0 aliphatic rings. The molecule has 0 amide bonds. The summed E-state index contributed by atoms with van der Waals surface area (Å²) in [5.74, 6) is -0.495. The average Bonchev–Trinajstić information content (AvgIpc) is 2.58. The molecule has 0 aliphatic heterocycles. The molecule has 0 bridgehead atoms. The standard InChI is InChI=1S/C18H22F3N3O2S/c1-23(2)9-10-24(13-16-6-4-8-22-12-16)27(25,26)14-15-5-3-7-17(11-15)18(19,20)21/h3-8,11-12H,9-10,13-14H2,1-2H3. The molecule has 0 spiro atoms. The number of benzene rings is 1. The fourth-order valence-corrected chi connectivity index (χ4v) is 3.95. The molecule has 0 radical (unpaired) electrons. The summed E-state index contributed by atoms with van der Waals surface area (Å²) in [6, 6.07) is 7.88. The van der Waals surface area contributed by atoms with Crippen molar-refractivity contribution in [3.63, 3.8) is 0 Å². The predicted octanol–water partition coefficient (Wildman–Crippen LogP) is 2.99. The fraction of sp³-hybridized carbons (Fsp3) is 0.389. The molecular weight excluding hydrogens is 379 g/mol. The number of sulfonamides is 1. The van der Waals surface area contributed by atoms with Gasteiger partial charge in [-0.3, -0.25) is 4.98 Å². The van der Waals surface area contributed by atoms with Gasteiger partial charge in [0, 0.05) is 32.0 Å². The first kappa shape index (κ1) is 21.3. The predicted molar refractivity (Wildman–Crippen MR) is 97.3 cm³/mol. The van der Waals surface area contributed by atoms with Gasteiger partial charge < -0.3 is 4.90 Å². The second-order valence-electron chi connectivity index (χ2n) is 6.45. The Kier molecular flexibility index (Phi) is 6.96. The van der Waals surface area contributed by atoms with Crippen LogP contribution in [0.2, 0.25) is 0 Å². The van der Waals surface area contributed by atoms with Crippen LogP contribution in [0.4, 0.5) is 13.2 Å². The van der Waals surface area contributed by atoms with Gasteiger partial charge in [0.25, 0.3) is 0 Å². The lowest BCUT2D eigenvalue weighted by Gasteiger charge is -2.24. The summed E-state index contributed by atoms with van der Waals surface area (Å²) in [6.07, 6.45) is -1.35. The van der Waals surface area contributed by atoms with Gasteiger partial charge in [-0.05, 0) is 37.4 Å². The molecule has 0 N–H and O–H groups in total. The van der Waals surface area contributed by atoms with Crippen molar-refractivity contribution in [3.05, 3.63) is 65.5 Å². The quantitative estimate of drug-likeness (QED) is 0.683. The van der Waals surface area contributed by atoms with Crippen LogP contribution >= 0.6 is 0 Å². The highest BCUT2D eigenvalue weighted by Gasteiger charge is 2.31. The van der Waals surface area contributed by atoms with Crippen LogP contribution in [0.3, 0.4) is 0 Å². The zero-order chi connectivity index (χ0) is 20.1. The van der Waals surface area contributed by atoms with Gasteiger partial charge in [-0.1, -0.05) is 24.3 Å². The molecule has 0 fully saturated rings. The van der Waals surface area contributed by atoms with E-state index in [1.54, 1.807) is 24.5 Å². The van der Waals surface area contributed by atoms with Crippen molar-refractivity contribution in [2.45, 2.75) is 18.5 Å². The lowest BCUT2D eigenvalue weighted by Crippen LogP contribution is -2.37. The Morgan fingerprint density at radius 3 is 2.33 bits per heavy atom. The van der Waals surface area contributed by atoms with E-state index in [2.05, 4.69) is 4.98 Å². The van der Waals surface area contributed by atoms with E-state index in [0.717, 1.165) is 12.1 Å². The first-order valence-electron chi connectivity index (χ1n) is 8.25. The third-order valence-corrected chi connectivity index (χ3v) is 5.67. The third-order valence-electron chi connectivity index (χ3n) is 3.88. The summed E-state index contributed by atoms with van der Waals surface area (Å²) < 4.78 is 65.7. The number of halogens is 3. The third kappa shape index (κ3) is 6.60. The number of nitrogens with zero attached hydrogens (tertiary/aromatic N) is 3. The van der Waals surface area contributed by atoms with Crippen LogP contribution in [-0.4, -0.2) is 49.8 Å². The van der Waals surface area contributed by atoms with Crippen molar-refractivity contribution in [3.8, 4) is 0 Å². The molecule has 1 aromatic carbocycles. The maximum atomic E-state index is 12.9. The molecule has 27 heavy (non-hydrogen) atoms. The minimum absolute atomic E-state index is 0.103. The van der Waals surface area contributed by atoms with E-state index in [4.69, 9.17) is 0 Å². The molecular formula is C18H22F3N3O2S. The van der Waals surface area contributed by atoms with E-state index in [1.807, 2.05) is 19.0 Å². The van der Waals surface area contributed by atoms with E-state index >= 15 is 0 Å². The molecule has 1 aromatic heterocycles. The van der Waals surface area contributed by atoms with E-state index in [0.29, 0.717) is 12.1 Å². The van der Waals surface area contributed by atoms with Crippen LogP contribution in [0.5, 0.6) is 0 Å². The van der Waals surface area contributed by atoms with Crippen LogP contribution in [0.25, 0.3) is 0 Å². The van der Waals surface area contributed by atoms with Crippen molar-refractivity contribution >= 4 is 10.0 Å². The SMILES string of the molecule is CN(C)CCN(Cc1cccnc1)S(=O)(=O)Cc1cccc(C(F)(F)F)c1. The summed E-state index contributed by atoms with van der Waals surface area (Å²) in [5.41, 5.74) is -0.0444. The van der Waals surface area contributed by atoms with Crippen molar-refractivity contribution in [1.82, 2.24) is 14.2 Å². The van der Waals surface area contributed by atoms with Gasteiger partial charge in [-0.2, -0.15) is 17.5 Å². The zero-order valence-corrected chi connectivity index (χ0v) is 16.0. The lowest BCUT2D eigenvalue weighted by molar-refractivity contribution is -0.137. The van der Waals surface area contributed by atoms with E-state index < -0.39 is 27.5 Å². The Hall–Kier alpha value is -1.97. The highest BCUT2D eigenvalue weighted by molar-refractivity contribution is 7.88. The van der Waals surface area contributed by atoms with Crippen LogP contribution < -0.4 is 0 Å². The molecule has 0 atom stereocenters. The number of alkyl halides is 3. The van der Waals surface area contributed by atoms with Gasteiger partial charge in [-0.15, -0.1) is 0 Å². The normalized spacial score (nSPS) is 12.7. The van der Waals surface area contributed by atoms with E-state index in [1.165, 1.54) is 16.4 Å². The first-order valence-corrected chi connectivity index (χ1v) is 9.86. The summed E-state index contributed by atoms with van der Waals surface area (Å²) in [7, 11) is -0.178. The zero-order valence-electron chi connectivity index (χ0n) is 15.1. The van der Waals surface area contributed by atoms with Crippen molar-refractivity contribution in [1.29, 1.82) is 0 Å². The van der Waals surface area contributed by atoms with E-state index in [9.17, 15) is 21.6 Å². The number of hydrogen-bond acceptors (Lipinski definition) is 4. The van der Waals surface area contributed by atoms with Crippen molar-refractivity contribution < 1.29 is 21.6 Å². The monoisotopic (exact) mass is 401 g/mol. The van der Waals surface area contributed by atoms with E-state index in [-0.39, 0.29) is 18.7 Å². The number of rotatable bonds is 8. The molecule has 2 rings (SSSR count). The lowest BCUT2D eigenvalue weighted by atomic mass is 10.1. The first-order chi connectivity index (χ1) is 12.6. The van der Waals surface area contributed by atoms with Gasteiger partial charge in [0.15, 0.2) is 0 Å². The second-order valence-corrected chi connectivity index (χ2v) is 8.42. The van der Waals surface area contributed by atoms with Gasteiger partial charge >= 0.3 is 6.18 Å². The van der Waals surface area contributed by atoms with Gasteiger partial charge in [0.1, 0.15) is 0 Å². The fourth-order valence-electron chi connectivity index (χ4n) is 2.46. The van der Waals surface area contributed by atoms with Crippen molar-refractivity contribution in [2.24, 2.45) is 0 Å². The van der Waals surface area contributed by atoms with Gasteiger partial charge in [0.05, 0.1) is 11.3 Å². The Bertz CT molecular complexity index is 840. The molecule has 1 heterocycles. The maximum absolute atomic E-state index is 12.9. The molecule has 148 valence electrons. The Labute approximate surface area is 157 Å². The van der Waals surface area contributed by atoms with Gasteiger partial charge in [-0.25, -0.2) is 8.42 Å². The number of likely N-dealkylation sites (N-methyl/N-ethyl adjacent to an activating group) is 1. The smallest absolute Gasteiger partial charge is 0.308 e. The summed E-state index contributed by atoms with van der Waals surface area (Å²) in [6.45, 7) is 0.828. The Morgan fingerprint density at radius 1 is 1.04 bits per heavy atom. The molecule has 9 heteroatoms. The van der Waals surface area contributed by atoms with Crippen LogP contribution in [0, 0.1) is 0 Å². The molecule has 0 saturated heterocycles. The highest BCUT2D eigenvalue weighted by atomic mass is 32.2. The van der Waals surface area contributed by atoms with Gasteiger partial charge in [0.2, 0.25) is 10.0 Å². The molecule has 0 saturated carbocycles. The second kappa shape index (κ2) is 8.81. The Balaban J connectivity index is 2.24. The molecule has 5 nitrogen and oxygen atoms in total. The van der Waals surface area contributed by atoms with Crippen LogP contribution in [-0.2, 0) is 28.5 Å². The minimum atomic E-state index is -4.51. The highest BCUT2D eigenvalue weighted by Crippen LogP contribution is 2.30. The summed E-state index contributed by atoms with van der Waals surface area (Å²) in [4.78, 5) is 5.82. The average molecular weight is 401 g/mol. The minimum Gasteiger partial charge on any atom is -0.308 e. The number of aromatic nitrogens is 1. The number of pyridine rings is 1. The molecule has 2 aromatic rings. The Morgan fingerprint density at radius 2 is 1.74 bits per heavy atom. The van der Waals surface area contributed by atoms with Crippen molar-refractivity contribution in [2.75, 3.05) is 27.2 Å². The van der Waals surface area contributed by atoms with Crippen LogP contribution in [0.1, 0.15) is 16.7 Å². The summed E-state index contributed by atoms with van der Waals surface area (Å²) in [5, 5.41) is 0. The summed E-state index contributed by atoms with van der Waals surface area (Å²) >= 11 is 0.